The molecular formula is C26H29NO5. The number of likely N-dealkylation sites (tertiary alicyclic amines) is 1. The highest BCUT2D eigenvalue weighted by atomic mass is 17.1. The van der Waals surface area contributed by atoms with Gasteiger partial charge in [0.2, 0.25) is 5.75 Å². The molecule has 1 spiro atoms. The van der Waals surface area contributed by atoms with E-state index in [1.807, 2.05) is 18.2 Å². The van der Waals surface area contributed by atoms with Crippen molar-refractivity contribution in [2.75, 3.05) is 20.2 Å². The Morgan fingerprint density at radius 2 is 2.03 bits per heavy atom. The van der Waals surface area contributed by atoms with E-state index < -0.39 is 23.2 Å². The van der Waals surface area contributed by atoms with Crippen LogP contribution in [0.15, 0.2) is 54.6 Å². The molecule has 6 heteroatoms. The van der Waals surface area contributed by atoms with Gasteiger partial charge >= 0.3 is 0 Å². The summed E-state index contributed by atoms with van der Waals surface area (Å²) in [6, 6.07) is 14.4. The third kappa shape index (κ3) is 2.55. The van der Waals surface area contributed by atoms with Gasteiger partial charge < -0.3 is 19.5 Å². The van der Waals surface area contributed by atoms with Crippen molar-refractivity contribution in [3.05, 3.63) is 71.3 Å². The van der Waals surface area contributed by atoms with Crippen molar-refractivity contribution >= 4 is 0 Å². The summed E-state index contributed by atoms with van der Waals surface area (Å²) in [5.74, 6) is 0.855. The van der Waals surface area contributed by atoms with Crippen molar-refractivity contribution < 1.29 is 24.7 Å². The maximum Gasteiger partial charge on any atom is 0.207 e. The van der Waals surface area contributed by atoms with Crippen LogP contribution in [0, 0.1) is 0 Å². The van der Waals surface area contributed by atoms with E-state index in [1.54, 1.807) is 6.07 Å². The highest BCUT2D eigenvalue weighted by Gasteiger charge is 2.72. The third-order valence-electron chi connectivity index (χ3n) is 8.12. The van der Waals surface area contributed by atoms with Gasteiger partial charge in [0, 0.05) is 18.2 Å². The first-order valence-corrected chi connectivity index (χ1v) is 11.5. The molecule has 0 aromatic heterocycles. The Labute approximate surface area is 188 Å². The maximum atomic E-state index is 11.0. The van der Waals surface area contributed by atoms with Crippen molar-refractivity contribution in [3.8, 4) is 11.5 Å². The predicted octanol–water partition coefficient (Wildman–Crippen LogP) is 3.12. The van der Waals surface area contributed by atoms with Crippen LogP contribution in [-0.2, 0) is 23.0 Å². The molecule has 0 radical (unpaired) electrons. The molecule has 2 aliphatic heterocycles. The third-order valence-corrected chi connectivity index (χ3v) is 8.12. The zero-order valence-electron chi connectivity index (χ0n) is 18.2. The van der Waals surface area contributed by atoms with Gasteiger partial charge in [-0.25, -0.2) is 5.26 Å². The summed E-state index contributed by atoms with van der Waals surface area (Å²) in [6.07, 6.45) is 6.23. The van der Waals surface area contributed by atoms with Crippen LogP contribution in [0.4, 0.5) is 0 Å². The fraction of sp³-hybridized carbons (Fsp3) is 0.462. The van der Waals surface area contributed by atoms with Crippen LogP contribution >= 0.6 is 0 Å². The largest absolute Gasteiger partial charge is 0.482 e. The molecule has 2 N–H and O–H groups in total. The van der Waals surface area contributed by atoms with Crippen molar-refractivity contribution in [2.45, 2.75) is 54.9 Å². The van der Waals surface area contributed by atoms with Crippen LogP contribution in [0.3, 0.4) is 0 Å². The number of likely N-dealkylation sites (N-methyl/N-ethyl adjacent to an activating group) is 1. The molecule has 168 valence electrons. The Bertz CT molecular complexity index is 1060. The first kappa shape index (κ1) is 20.2. The molecule has 0 saturated carbocycles. The van der Waals surface area contributed by atoms with Crippen LogP contribution in [0.25, 0.3) is 0 Å². The SMILES string of the molecule is CN1CC[C@]23c4c5ccc(OO)c4O[C@H]2[C@@H](O)C=C[C@@]3(OCCCc2ccccc2)[C@H]1C5. The highest BCUT2D eigenvalue weighted by Crippen LogP contribution is 2.65. The number of nitrogens with zero attached hydrogens (tertiary/aromatic N) is 1. The van der Waals surface area contributed by atoms with Gasteiger partial charge in [0.1, 0.15) is 17.8 Å². The molecule has 2 bridgehead atoms. The number of hydrogen-bond donors (Lipinski definition) is 2. The fourth-order valence-corrected chi connectivity index (χ4v) is 6.75. The Balaban J connectivity index is 1.41. The molecule has 32 heavy (non-hydrogen) atoms. The minimum atomic E-state index is -0.745. The van der Waals surface area contributed by atoms with E-state index in [-0.39, 0.29) is 6.04 Å². The number of piperidine rings is 1. The molecule has 6 rings (SSSR count). The summed E-state index contributed by atoms with van der Waals surface area (Å²) >= 11 is 0. The van der Waals surface area contributed by atoms with Crippen molar-refractivity contribution in [1.82, 2.24) is 4.90 Å². The van der Waals surface area contributed by atoms with Gasteiger partial charge in [-0.3, -0.25) is 4.90 Å². The zero-order valence-corrected chi connectivity index (χ0v) is 18.2. The van der Waals surface area contributed by atoms with E-state index >= 15 is 0 Å². The van der Waals surface area contributed by atoms with Crippen LogP contribution in [0.5, 0.6) is 11.5 Å². The maximum absolute atomic E-state index is 11.0. The van der Waals surface area contributed by atoms with Gasteiger partial charge in [0.25, 0.3) is 0 Å². The van der Waals surface area contributed by atoms with Crippen LogP contribution in [0.1, 0.15) is 29.5 Å². The van der Waals surface area contributed by atoms with Crippen LogP contribution in [0.2, 0.25) is 0 Å². The normalized spacial score (nSPS) is 34.2. The standard InChI is InChI=1S/C26H29NO5/c1-27-14-13-25-22-18-9-10-20(32-29)23(22)31-24(25)19(28)11-12-26(25,21(27)16-18)30-15-5-8-17-6-3-2-4-7-17/h2-4,6-7,9-12,19,21,24,28-29H,5,8,13-16H2,1H3/t19-,21+,24-,25-,26+/m0/s1. The number of aryl methyl sites for hydroxylation is 1. The van der Waals surface area contributed by atoms with Gasteiger partial charge in [-0.2, -0.15) is 0 Å². The number of hydrogen-bond acceptors (Lipinski definition) is 6. The lowest BCUT2D eigenvalue weighted by Gasteiger charge is -2.63. The number of ether oxygens (including phenoxy) is 2. The Hall–Kier alpha value is -2.38. The summed E-state index contributed by atoms with van der Waals surface area (Å²) in [5, 5.41) is 20.5. The van der Waals surface area contributed by atoms with Crippen molar-refractivity contribution in [3.63, 3.8) is 0 Å². The lowest BCUT2D eigenvalue weighted by Crippen LogP contribution is -2.76. The van der Waals surface area contributed by atoms with Crippen LogP contribution < -0.4 is 9.62 Å². The monoisotopic (exact) mass is 435 g/mol. The molecule has 2 aromatic rings. The number of aliphatic hydroxyl groups is 1. The second-order valence-corrected chi connectivity index (χ2v) is 9.56. The molecule has 5 atom stereocenters. The lowest BCUT2D eigenvalue weighted by atomic mass is 9.50. The minimum Gasteiger partial charge on any atom is -0.482 e. The minimum absolute atomic E-state index is 0.141. The average molecular weight is 436 g/mol. The zero-order chi connectivity index (χ0) is 21.9. The van der Waals surface area contributed by atoms with Crippen LogP contribution in [-0.4, -0.2) is 59.3 Å². The Morgan fingerprint density at radius 3 is 2.84 bits per heavy atom. The smallest absolute Gasteiger partial charge is 0.207 e. The van der Waals surface area contributed by atoms with Gasteiger partial charge in [-0.15, -0.1) is 0 Å². The van der Waals surface area contributed by atoms with E-state index in [9.17, 15) is 10.4 Å². The summed E-state index contributed by atoms with van der Waals surface area (Å²) in [4.78, 5) is 7.06. The molecule has 2 aromatic carbocycles. The van der Waals surface area contributed by atoms with E-state index in [0.29, 0.717) is 18.1 Å². The molecule has 6 nitrogen and oxygen atoms in total. The molecule has 2 heterocycles. The highest BCUT2D eigenvalue weighted by molar-refractivity contribution is 5.64. The molecule has 1 fully saturated rings. The number of rotatable bonds is 6. The van der Waals surface area contributed by atoms with Crippen molar-refractivity contribution in [1.29, 1.82) is 0 Å². The molecular weight excluding hydrogens is 406 g/mol. The lowest BCUT2D eigenvalue weighted by molar-refractivity contribution is -0.182. The van der Waals surface area contributed by atoms with Gasteiger partial charge in [0.15, 0.2) is 5.75 Å². The molecule has 2 aliphatic carbocycles. The first-order chi connectivity index (χ1) is 15.6. The molecule has 1 saturated heterocycles. The summed E-state index contributed by atoms with van der Waals surface area (Å²) in [5.41, 5.74) is 2.42. The van der Waals surface area contributed by atoms with Gasteiger partial charge in [0.05, 0.1) is 5.41 Å². The second-order valence-electron chi connectivity index (χ2n) is 9.56. The summed E-state index contributed by atoms with van der Waals surface area (Å²) < 4.78 is 13.2. The molecule has 0 unspecified atom stereocenters. The summed E-state index contributed by atoms with van der Waals surface area (Å²) in [6.45, 7) is 1.51. The molecule has 0 amide bonds. The Kier molecular flexibility index (Phi) is 4.63. The van der Waals surface area contributed by atoms with E-state index in [0.717, 1.165) is 37.8 Å². The van der Waals surface area contributed by atoms with Gasteiger partial charge in [-0.05, 0) is 56.5 Å². The summed E-state index contributed by atoms with van der Waals surface area (Å²) in [7, 11) is 2.16. The Morgan fingerprint density at radius 1 is 1.19 bits per heavy atom. The van der Waals surface area contributed by atoms with E-state index in [1.165, 1.54) is 11.1 Å². The fourth-order valence-electron chi connectivity index (χ4n) is 6.75. The van der Waals surface area contributed by atoms with E-state index in [4.69, 9.17) is 9.47 Å². The number of benzene rings is 2. The van der Waals surface area contributed by atoms with Crippen molar-refractivity contribution in [2.24, 2.45) is 0 Å². The van der Waals surface area contributed by atoms with E-state index in [2.05, 4.69) is 47.2 Å². The topological polar surface area (TPSA) is 71.4 Å². The second kappa shape index (κ2) is 7.32. The quantitative estimate of drug-likeness (QED) is 0.314. The van der Waals surface area contributed by atoms with Gasteiger partial charge in [-0.1, -0.05) is 48.6 Å². The number of aliphatic hydroxyl groups excluding tert-OH is 1. The molecule has 4 aliphatic rings. The predicted molar refractivity (Wildman–Crippen MR) is 119 cm³/mol. The first-order valence-electron chi connectivity index (χ1n) is 11.5. The average Bonchev–Trinajstić information content (AvgIpc) is 3.18.